The van der Waals surface area contributed by atoms with Crippen LogP contribution in [0.25, 0.3) is 0 Å². The summed E-state index contributed by atoms with van der Waals surface area (Å²) < 4.78 is 54.2. The van der Waals surface area contributed by atoms with Crippen LogP contribution in [0.3, 0.4) is 0 Å². The molecule has 0 radical (unpaired) electrons. The fourth-order valence-electron chi connectivity index (χ4n) is 3.43. The monoisotopic (exact) mass is 457 g/mol. The van der Waals surface area contributed by atoms with Crippen LogP contribution in [0.4, 0.5) is 11.4 Å². The molecule has 1 aromatic heterocycles. The van der Waals surface area contributed by atoms with E-state index in [1.54, 1.807) is 6.07 Å². The summed E-state index contributed by atoms with van der Waals surface area (Å²) in [7, 11) is -4.77. The third-order valence-corrected chi connectivity index (χ3v) is 10.3. The van der Waals surface area contributed by atoms with Crippen molar-refractivity contribution in [2.24, 2.45) is 5.41 Å². The Morgan fingerprint density at radius 1 is 1.07 bits per heavy atom. The molecule has 0 amide bonds. The summed E-state index contributed by atoms with van der Waals surface area (Å²) in [6, 6.07) is 8.18. The lowest BCUT2D eigenvalue weighted by Gasteiger charge is -2.26. The molecule has 10 heteroatoms. The highest BCUT2D eigenvalue weighted by Gasteiger charge is 2.32. The van der Waals surface area contributed by atoms with Gasteiger partial charge in [-0.15, -0.1) is 11.3 Å². The third kappa shape index (κ3) is 4.45. The quantitative estimate of drug-likeness (QED) is 0.719. The van der Waals surface area contributed by atoms with Crippen LogP contribution in [0, 0.1) is 12.3 Å². The number of nitrogens with zero attached hydrogens (tertiary/aromatic N) is 2. The minimum atomic E-state index is -3.92. The highest BCUT2D eigenvalue weighted by Crippen LogP contribution is 2.39. The Labute approximate surface area is 177 Å². The molecule has 2 heterocycles. The molecule has 1 aliphatic rings. The van der Waals surface area contributed by atoms with Crippen LogP contribution < -0.4 is 9.62 Å². The average Bonchev–Trinajstić information content (AvgIpc) is 3.22. The van der Waals surface area contributed by atoms with Gasteiger partial charge < -0.3 is 4.90 Å². The molecule has 1 N–H and O–H groups in total. The van der Waals surface area contributed by atoms with Crippen LogP contribution in [0.1, 0.15) is 25.8 Å². The molecular weight excluding hydrogens is 430 g/mol. The van der Waals surface area contributed by atoms with Crippen LogP contribution in [0.5, 0.6) is 0 Å². The van der Waals surface area contributed by atoms with E-state index in [0.29, 0.717) is 5.69 Å². The smallest absolute Gasteiger partial charge is 0.271 e. The normalized spacial score (nSPS) is 17.1. The van der Waals surface area contributed by atoms with E-state index in [9.17, 15) is 16.8 Å². The van der Waals surface area contributed by atoms with E-state index in [2.05, 4.69) is 23.5 Å². The van der Waals surface area contributed by atoms with E-state index >= 15 is 0 Å². The first-order valence-electron chi connectivity index (χ1n) is 9.23. The Morgan fingerprint density at radius 3 is 2.31 bits per heavy atom. The molecule has 0 spiro atoms. The molecule has 0 aliphatic carbocycles. The van der Waals surface area contributed by atoms with Gasteiger partial charge in [0.25, 0.3) is 20.0 Å². The van der Waals surface area contributed by atoms with E-state index in [1.807, 2.05) is 19.1 Å². The first-order chi connectivity index (χ1) is 13.3. The minimum absolute atomic E-state index is 0.00590. The number of rotatable bonds is 6. The molecule has 0 atom stereocenters. The lowest BCUT2D eigenvalue weighted by Crippen LogP contribution is -2.25. The number of hydrogen-bond acceptors (Lipinski definition) is 6. The zero-order chi connectivity index (χ0) is 21.6. The lowest BCUT2D eigenvalue weighted by atomic mass is 9.93. The van der Waals surface area contributed by atoms with Crippen LogP contribution in [0.2, 0.25) is 0 Å². The molecule has 7 nitrogen and oxygen atoms in total. The number of aryl methyl sites for hydroxylation is 1. The summed E-state index contributed by atoms with van der Waals surface area (Å²) in [6.45, 7) is 8.07. The van der Waals surface area contributed by atoms with Gasteiger partial charge in [-0.2, -0.15) is 0 Å². The van der Waals surface area contributed by atoms with Crippen molar-refractivity contribution in [3.8, 4) is 0 Å². The van der Waals surface area contributed by atoms with E-state index in [1.165, 1.54) is 26.2 Å². The molecule has 1 aliphatic heterocycles. The number of nitrogens with one attached hydrogen (secondary N) is 1. The number of benzene rings is 1. The van der Waals surface area contributed by atoms with Crippen LogP contribution >= 0.6 is 11.3 Å². The first kappa shape index (κ1) is 22.1. The molecule has 1 saturated heterocycles. The van der Waals surface area contributed by atoms with E-state index < -0.39 is 20.0 Å². The number of thiophene rings is 1. The standard InChI is InChI=1S/C19H27N3O4S3/c1-14-7-6-8-15(18(14)22-12-11-19(2,3)13-22)20-28(23,24)16-9-10-17(27-16)29(25,26)21(4)5/h6-10,20H,11-13H2,1-5H3. The van der Waals surface area contributed by atoms with Gasteiger partial charge in [0.2, 0.25) is 0 Å². The van der Waals surface area contributed by atoms with Crippen molar-refractivity contribution in [2.45, 2.75) is 35.6 Å². The van der Waals surface area contributed by atoms with Crippen molar-refractivity contribution in [3.05, 3.63) is 35.9 Å². The summed E-state index contributed by atoms with van der Waals surface area (Å²) in [5, 5.41) is 0. The first-order valence-corrected chi connectivity index (χ1v) is 13.0. The van der Waals surface area contributed by atoms with Crippen LogP contribution in [-0.2, 0) is 20.0 Å². The summed E-state index contributed by atoms with van der Waals surface area (Å²) in [5.74, 6) is 0. The molecule has 160 valence electrons. The summed E-state index contributed by atoms with van der Waals surface area (Å²) in [6.07, 6.45) is 1.03. The van der Waals surface area contributed by atoms with Gasteiger partial charge >= 0.3 is 0 Å². The lowest BCUT2D eigenvalue weighted by molar-refractivity contribution is 0.418. The predicted molar refractivity (Wildman–Crippen MR) is 118 cm³/mol. The van der Waals surface area contributed by atoms with Gasteiger partial charge in [-0.05, 0) is 42.5 Å². The van der Waals surface area contributed by atoms with E-state index in [-0.39, 0.29) is 13.8 Å². The Kier molecular flexibility index (Phi) is 5.76. The molecule has 1 fully saturated rings. The maximum Gasteiger partial charge on any atom is 0.271 e. The topological polar surface area (TPSA) is 86.8 Å². The maximum atomic E-state index is 13.0. The molecule has 0 saturated carbocycles. The van der Waals surface area contributed by atoms with Crippen molar-refractivity contribution >= 4 is 42.8 Å². The van der Waals surface area contributed by atoms with Gasteiger partial charge in [-0.1, -0.05) is 26.0 Å². The number of sulfonamides is 2. The van der Waals surface area contributed by atoms with Gasteiger partial charge in [-0.25, -0.2) is 21.1 Å². The molecule has 3 rings (SSSR count). The highest BCUT2D eigenvalue weighted by molar-refractivity contribution is 7.96. The van der Waals surface area contributed by atoms with Crippen molar-refractivity contribution in [2.75, 3.05) is 36.8 Å². The third-order valence-electron chi connectivity index (χ3n) is 5.03. The van der Waals surface area contributed by atoms with Crippen molar-refractivity contribution < 1.29 is 16.8 Å². The fraction of sp³-hybridized carbons (Fsp3) is 0.474. The molecule has 29 heavy (non-hydrogen) atoms. The second-order valence-corrected chi connectivity index (χ2v) is 13.6. The molecule has 0 unspecified atom stereocenters. The van der Waals surface area contributed by atoms with Crippen LogP contribution in [-0.4, -0.2) is 48.3 Å². The number of hydrogen-bond donors (Lipinski definition) is 1. The molecule has 2 aromatic rings. The summed E-state index contributed by atoms with van der Waals surface area (Å²) >= 11 is 0.743. The fourth-order valence-corrected chi connectivity index (χ4v) is 7.43. The Morgan fingerprint density at radius 2 is 1.72 bits per heavy atom. The van der Waals surface area contributed by atoms with Crippen molar-refractivity contribution in [3.63, 3.8) is 0 Å². The van der Waals surface area contributed by atoms with Gasteiger partial charge in [0.05, 0.1) is 11.4 Å². The Hall–Kier alpha value is -1.62. The van der Waals surface area contributed by atoms with Gasteiger partial charge in [-0.3, -0.25) is 4.72 Å². The second kappa shape index (κ2) is 7.57. The summed E-state index contributed by atoms with van der Waals surface area (Å²) in [5.41, 5.74) is 2.54. The maximum absolute atomic E-state index is 13.0. The van der Waals surface area contributed by atoms with Gasteiger partial charge in [0.1, 0.15) is 8.42 Å². The number of anilines is 2. The van der Waals surface area contributed by atoms with E-state index in [4.69, 9.17) is 0 Å². The largest absolute Gasteiger partial charge is 0.369 e. The van der Waals surface area contributed by atoms with Gasteiger partial charge in [0.15, 0.2) is 0 Å². The molecule has 1 aromatic carbocycles. The second-order valence-electron chi connectivity index (χ2n) is 8.27. The predicted octanol–water partition coefficient (Wildman–Crippen LogP) is 3.34. The zero-order valence-electron chi connectivity index (χ0n) is 17.3. The van der Waals surface area contributed by atoms with Gasteiger partial charge in [0, 0.05) is 27.2 Å². The van der Waals surface area contributed by atoms with Crippen molar-refractivity contribution in [1.29, 1.82) is 0 Å². The van der Waals surface area contributed by atoms with Crippen molar-refractivity contribution in [1.82, 2.24) is 4.31 Å². The Bertz CT molecular complexity index is 1120. The molecular formula is C19H27N3O4S3. The average molecular weight is 458 g/mol. The Balaban J connectivity index is 1.95. The summed E-state index contributed by atoms with van der Waals surface area (Å²) in [4.78, 5) is 2.21. The molecule has 0 bridgehead atoms. The minimum Gasteiger partial charge on any atom is -0.369 e. The SMILES string of the molecule is Cc1cccc(NS(=O)(=O)c2ccc(S(=O)(=O)N(C)C)s2)c1N1CCC(C)(C)C1. The van der Waals surface area contributed by atoms with Crippen LogP contribution in [0.15, 0.2) is 38.8 Å². The zero-order valence-corrected chi connectivity index (χ0v) is 19.7. The highest BCUT2D eigenvalue weighted by atomic mass is 32.3. The number of para-hydroxylation sites is 1. The van der Waals surface area contributed by atoms with E-state index in [0.717, 1.165) is 46.4 Å².